The maximum absolute atomic E-state index is 12.5. The van der Waals surface area contributed by atoms with Crippen LogP contribution in [-0.2, 0) is 4.79 Å². The average Bonchev–Trinajstić information content (AvgIpc) is 3.17. The summed E-state index contributed by atoms with van der Waals surface area (Å²) in [6.45, 7) is 2.37. The topological polar surface area (TPSA) is 70.8 Å². The molecule has 0 aromatic carbocycles. The minimum atomic E-state index is -0.931. The molecule has 3 rings (SSSR count). The standard InChI is InChI=1S/C15H15NO4S/c1-9-4-5-11(20-9)12-6-7-13(21-12)14(17)16-8-2-3-10(16)15(18)19/h4-7,10H,2-3,8H2,1H3,(H,18,19)/t10-/m0/s1. The summed E-state index contributed by atoms with van der Waals surface area (Å²) in [6, 6.07) is 6.61. The van der Waals surface area contributed by atoms with Crippen LogP contribution in [0.3, 0.4) is 0 Å². The van der Waals surface area contributed by atoms with Gasteiger partial charge in [-0.15, -0.1) is 11.3 Å². The summed E-state index contributed by atoms with van der Waals surface area (Å²) in [4.78, 5) is 26.5. The highest BCUT2D eigenvalue weighted by Gasteiger charge is 2.34. The summed E-state index contributed by atoms with van der Waals surface area (Å²) in [6.07, 6.45) is 1.26. The zero-order valence-electron chi connectivity index (χ0n) is 11.5. The van der Waals surface area contributed by atoms with Gasteiger partial charge in [-0.25, -0.2) is 4.79 Å². The summed E-state index contributed by atoms with van der Waals surface area (Å²) in [5.41, 5.74) is 0. The van der Waals surface area contributed by atoms with Gasteiger partial charge in [-0.2, -0.15) is 0 Å². The Hall–Kier alpha value is -2.08. The molecule has 1 atom stereocenters. The van der Waals surface area contributed by atoms with Gasteiger partial charge < -0.3 is 14.4 Å². The number of rotatable bonds is 3. The van der Waals surface area contributed by atoms with E-state index < -0.39 is 12.0 Å². The van der Waals surface area contributed by atoms with Crippen molar-refractivity contribution < 1.29 is 19.1 Å². The van der Waals surface area contributed by atoms with E-state index in [9.17, 15) is 9.59 Å². The van der Waals surface area contributed by atoms with Crippen molar-refractivity contribution in [2.75, 3.05) is 6.54 Å². The highest BCUT2D eigenvalue weighted by molar-refractivity contribution is 7.17. The summed E-state index contributed by atoms with van der Waals surface area (Å²) >= 11 is 1.33. The van der Waals surface area contributed by atoms with E-state index in [1.165, 1.54) is 16.2 Å². The number of aryl methyl sites for hydroxylation is 1. The predicted molar refractivity (Wildman–Crippen MR) is 78.5 cm³/mol. The van der Waals surface area contributed by atoms with Crippen molar-refractivity contribution in [1.29, 1.82) is 0 Å². The van der Waals surface area contributed by atoms with Gasteiger partial charge in [-0.1, -0.05) is 0 Å². The van der Waals surface area contributed by atoms with E-state index in [4.69, 9.17) is 9.52 Å². The van der Waals surface area contributed by atoms with Crippen LogP contribution in [0.5, 0.6) is 0 Å². The number of nitrogens with zero attached hydrogens (tertiary/aromatic N) is 1. The molecular formula is C15H15NO4S. The summed E-state index contributed by atoms with van der Waals surface area (Å²) in [5, 5.41) is 9.16. The lowest BCUT2D eigenvalue weighted by Gasteiger charge is -2.20. The van der Waals surface area contributed by atoms with Gasteiger partial charge in [0.15, 0.2) is 0 Å². The fourth-order valence-electron chi connectivity index (χ4n) is 2.56. The molecule has 1 fully saturated rings. The Morgan fingerprint density at radius 1 is 1.33 bits per heavy atom. The Morgan fingerprint density at radius 3 is 2.81 bits per heavy atom. The van der Waals surface area contributed by atoms with Crippen molar-refractivity contribution in [1.82, 2.24) is 4.90 Å². The molecule has 3 heterocycles. The van der Waals surface area contributed by atoms with Gasteiger partial charge >= 0.3 is 5.97 Å². The molecule has 0 aliphatic carbocycles. The molecule has 110 valence electrons. The van der Waals surface area contributed by atoms with Gasteiger partial charge in [0.2, 0.25) is 0 Å². The molecular weight excluding hydrogens is 290 g/mol. The van der Waals surface area contributed by atoms with E-state index in [1.807, 2.05) is 25.1 Å². The van der Waals surface area contributed by atoms with Crippen molar-refractivity contribution >= 4 is 23.2 Å². The third kappa shape index (κ3) is 2.58. The van der Waals surface area contributed by atoms with Crippen LogP contribution < -0.4 is 0 Å². The molecule has 0 bridgehead atoms. The number of thiophene rings is 1. The average molecular weight is 305 g/mol. The molecule has 6 heteroatoms. The third-order valence-corrected chi connectivity index (χ3v) is 4.69. The first-order valence-corrected chi connectivity index (χ1v) is 7.58. The molecule has 0 spiro atoms. The number of carboxylic acid groups (broad SMARTS) is 1. The van der Waals surface area contributed by atoms with E-state index in [0.29, 0.717) is 17.8 Å². The van der Waals surface area contributed by atoms with E-state index in [0.717, 1.165) is 22.8 Å². The number of hydrogen-bond donors (Lipinski definition) is 1. The molecule has 0 radical (unpaired) electrons. The molecule has 2 aromatic heterocycles. The zero-order valence-corrected chi connectivity index (χ0v) is 12.4. The largest absolute Gasteiger partial charge is 0.480 e. The van der Waals surface area contributed by atoms with Gasteiger partial charge in [0.1, 0.15) is 17.6 Å². The van der Waals surface area contributed by atoms with Crippen molar-refractivity contribution in [3.05, 3.63) is 34.9 Å². The Kier molecular flexibility index (Phi) is 3.55. The van der Waals surface area contributed by atoms with Crippen molar-refractivity contribution in [2.45, 2.75) is 25.8 Å². The molecule has 21 heavy (non-hydrogen) atoms. The van der Waals surface area contributed by atoms with Crippen LogP contribution >= 0.6 is 11.3 Å². The van der Waals surface area contributed by atoms with E-state index in [-0.39, 0.29) is 5.91 Å². The van der Waals surface area contributed by atoms with Crippen molar-refractivity contribution in [2.24, 2.45) is 0 Å². The maximum atomic E-state index is 12.5. The monoisotopic (exact) mass is 305 g/mol. The minimum absolute atomic E-state index is 0.209. The van der Waals surface area contributed by atoms with Crippen LogP contribution in [-0.4, -0.2) is 34.5 Å². The van der Waals surface area contributed by atoms with Gasteiger partial charge in [0.05, 0.1) is 9.75 Å². The van der Waals surface area contributed by atoms with Crippen LogP contribution in [0.25, 0.3) is 10.6 Å². The number of carbonyl (C=O) groups excluding carboxylic acids is 1. The van der Waals surface area contributed by atoms with Gasteiger partial charge in [0.25, 0.3) is 5.91 Å². The second-order valence-electron chi connectivity index (χ2n) is 5.07. The molecule has 2 aromatic rings. The minimum Gasteiger partial charge on any atom is -0.480 e. The smallest absolute Gasteiger partial charge is 0.326 e. The fourth-order valence-corrected chi connectivity index (χ4v) is 3.48. The van der Waals surface area contributed by atoms with E-state index in [1.54, 1.807) is 6.07 Å². The molecule has 5 nitrogen and oxygen atoms in total. The molecule has 1 amide bonds. The van der Waals surface area contributed by atoms with Crippen LogP contribution in [0.1, 0.15) is 28.3 Å². The summed E-state index contributed by atoms with van der Waals surface area (Å²) < 4.78 is 5.54. The molecule has 1 N–H and O–H groups in total. The lowest BCUT2D eigenvalue weighted by atomic mass is 10.2. The second-order valence-corrected chi connectivity index (χ2v) is 6.15. The third-order valence-electron chi connectivity index (χ3n) is 3.60. The SMILES string of the molecule is Cc1ccc(-c2ccc(C(=O)N3CCC[C@H]3C(=O)O)s2)o1. The Labute approximate surface area is 125 Å². The van der Waals surface area contributed by atoms with Crippen LogP contribution in [0.4, 0.5) is 0 Å². The van der Waals surface area contributed by atoms with Crippen LogP contribution in [0.2, 0.25) is 0 Å². The number of hydrogen-bond acceptors (Lipinski definition) is 4. The number of amides is 1. The Balaban J connectivity index is 1.83. The molecule has 1 saturated heterocycles. The second kappa shape index (κ2) is 5.37. The lowest BCUT2D eigenvalue weighted by molar-refractivity contribution is -0.141. The molecule has 1 aliphatic heterocycles. The number of furan rings is 1. The predicted octanol–water partition coefficient (Wildman–Crippen LogP) is 3.01. The molecule has 0 unspecified atom stereocenters. The summed E-state index contributed by atoms with van der Waals surface area (Å²) in [7, 11) is 0. The van der Waals surface area contributed by atoms with Crippen LogP contribution in [0, 0.1) is 6.92 Å². The molecule has 1 aliphatic rings. The highest BCUT2D eigenvalue weighted by Crippen LogP contribution is 2.31. The quantitative estimate of drug-likeness (QED) is 0.946. The highest BCUT2D eigenvalue weighted by atomic mass is 32.1. The fraction of sp³-hybridized carbons (Fsp3) is 0.333. The molecule has 0 saturated carbocycles. The number of aliphatic carboxylic acids is 1. The maximum Gasteiger partial charge on any atom is 0.326 e. The zero-order chi connectivity index (χ0) is 15.0. The Morgan fingerprint density at radius 2 is 2.14 bits per heavy atom. The van der Waals surface area contributed by atoms with Gasteiger partial charge in [-0.05, 0) is 44.0 Å². The van der Waals surface area contributed by atoms with E-state index >= 15 is 0 Å². The van der Waals surface area contributed by atoms with Crippen molar-refractivity contribution in [3.8, 4) is 10.6 Å². The number of likely N-dealkylation sites (tertiary alicyclic amines) is 1. The first-order chi connectivity index (χ1) is 10.1. The normalized spacial score (nSPS) is 18.1. The first kappa shape index (κ1) is 13.9. The first-order valence-electron chi connectivity index (χ1n) is 6.76. The van der Waals surface area contributed by atoms with Gasteiger partial charge in [0, 0.05) is 6.54 Å². The summed E-state index contributed by atoms with van der Waals surface area (Å²) in [5.74, 6) is 0.406. The lowest BCUT2D eigenvalue weighted by Crippen LogP contribution is -2.40. The number of carboxylic acids is 1. The van der Waals surface area contributed by atoms with E-state index in [2.05, 4.69) is 0 Å². The number of carbonyl (C=O) groups is 2. The van der Waals surface area contributed by atoms with Crippen LogP contribution in [0.15, 0.2) is 28.7 Å². The van der Waals surface area contributed by atoms with Gasteiger partial charge in [-0.3, -0.25) is 4.79 Å². The Bertz CT molecular complexity index is 687. The van der Waals surface area contributed by atoms with Crippen molar-refractivity contribution in [3.63, 3.8) is 0 Å².